The quantitative estimate of drug-likeness (QED) is 0.775. The van der Waals surface area contributed by atoms with Crippen molar-refractivity contribution in [2.24, 2.45) is 0 Å². The number of hydrogen-bond donors (Lipinski definition) is 1. The number of ether oxygens (including phenoxy) is 1. The molecule has 0 radical (unpaired) electrons. The molecule has 1 heterocycles. The third kappa shape index (κ3) is 2.80. The van der Waals surface area contributed by atoms with E-state index in [9.17, 15) is 0 Å². The summed E-state index contributed by atoms with van der Waals surface area (Å²) in [6.45, 7) is 0.284. The van der Waals surface area contributed by atoms with E-state index in [1.165, 1.54) is 5.56 Å². The molecule has 0 saturated heterocycles. The molecule has 0 atom stereocenters. The van der Waals surface area contributed by atoms with Gasteiger partial charge in [0.05, 0.1) is 7.11 Å². The highest BCUT2D eigenvalue weighted by Gasteiger charge is 2.04. The Hall–Kier alpha value is -1.90. The van der Waals surface area contributed by atoms with Crippen molar-refractivity contribution in [2.75, 3.05) is 7.11 Å². The van der Waals surface area contributed by atoms with E-state index in [1.54, 1.807) is 7.11 Å². The van der Waals surface area contributed by atoms with Gasteiger partial charge < -0.3 is 9.96 Å². The van der Waals surface area contributed by atoms with Crippen LogP contribution in [-0.4, -0.2) is 14.0 Å². The smallest absolute Gasteiger partial charge is 0.305 e. The monoisotopic (exact) mass is 211 g/mol. The van der Waals surface area contributed by atoms with Crippen LogP contribution in [0.3, 0.4) is 0 Å². The maximum Gasteiger partial charge on any atom is 0.305 e. The molecule has 1 aliphatic rings. The first-order chi connectivity index (χ1) is 7.88. The molecular formula is C13H14BNO. The van der Waals surface area contributed by atoms with Crippen LogP contribution in [0.4, 0.5) is 0 Å². The lowest BCUT2D eigenvalue weighted by molar-refractivity contribution is 0.415. The molecule has 1 aromatic carbocycles. The van der Waals surface area contributed by atoms with Gasteiger partial charge in [0, 0.05) is 0 Å². The molecule has 0 aromatic heterocycles. The van der Waals surface area contributed by atoms with Gasteiger partial charge in [0.25, 0.3) is 0 Å². The molecule has 0 fully saturated rings. The van der Waals surface area contributed by atoms with Gasteiger partial charge in [0.15, 0.2) is 0 Å². The first kappa shape index (κ1) is 10.6. The second-order valence-electron chi connectivity index (χ2n) is 3.57. The van der Waals surface area contributed by atoms with Crippen molar-refractivity contribution >= 4 is 12.9 Å². The molecule has 0 amide bonds. The molecule has 1 aromatic rings. The fourth-order valence-corrected chi connectivity index (χ4v) is 1.51. The van der Waals surface area contributed by atoms with Gasteiger partial charge in [-0.1, -0.05) is 36.2 Å². The van der Waals surface area contributed by atoms with Crippen LogP contribution in [0.25, 0.3) is 6.08 Å². The third-order valence-corrected chi connectivity index (χ3v) is 2.43. The maximum absolute atomic E-state index is 5.11. The molecule has 0 spiro atoms. The highest BCUT2D eigenvalue weighted by Crippen LogP contribution is 2.12. The lowest BCUT2D eigenvalue weighted by atomic mass is 9.61. The van der Waals surface area contributed by atoms with E-state index in [2.05, 4.69) is 23.3 Å². The summed E-state index contributed by atoms with van der Waals surface area (Å²) in [6.07, 6.45) is 8.07. The zero-order valence-corrected chi connectivity index (χ0v) is 9.26. The van der Waals surface area contributed by atoms with E-state index in [-0.39, 0.29) is 6.85 Å². The highest BCUT2D eigenvalue weighted by atomic mass is 16.5. The molecule has 2 nitrogen and oxygen atoms in total. The SMILES string of the molecule is COc1ccc(/C=C/B2C=CC=CN2)cc1. The fourth-order valence-electron chi connectivity index (χ4n) is 1.51. The first-order valence-corrected chi connectivity index (χ1v) is 5.30. The Bertz CT molecular complexity index is 420. The minimum atomic E-state index is 0.284. The maximum atomic E-state index is 5.11. The van der Waals surface area contributed by atoms with Gasteiger partial charge in [0.2, 0.25) is 0 Å². The summed E-state index contributed by atoms with van der Waals surface area (Å²) in [5, 5.41) is 3.23. The minimum absolute atomic E-state index is 0.284. The number of methoxy groups -OCH3 is 1. The molecule has 1 aliphatic heterocycles. The number of hydrogen-bond acceptors (Lipinski definition) is 2. The van der Waals surface area contributed by atoms with Crippen LogP contribution in [0, 0.1) is 0 Å². The summed E-state index contributed by atoms with van der Waals surface area (Å²) in [7, 11) is 1.67. The Kier molecular flexibility index (Phi) is 3.49. The standard InChI is InChI=1S/C13H14BNO/c1-16-13-6-4-12(5-7-13)8-10-14-9-2-3-11-15-14/h2-11,15H,1H3/b10-8+. The van der Waals surface area contributed by atoms with Gasteiger partial charge in [0.1, 0.15) is 5.75 Å². The van der Waals surface area contributed by atoms with Crippen LogP contribution in [0.1, 0.15) is 5.56 Å². The second-order valence-corrected chi connectivity index (χ2v) is 3.57. The van der Waals surface area contributed by atoms with E-state index in [1.807, 2.05) is 42.6 Å². The van der Waals surface area contributed by atoms with Crippen molar-refractivity contribution in [2.45, 2.75) is 0 Å². The number of nitrogens with one attached hydrogen (secondary N) is 1. The van der Waals surface area contributed by atoms with Gasteiger partial charge in [-0.25, -0.2) is 0 Å². The molecule has 2 rings (SSSR count). The zero-order valence-electron chi connectivity index (χ0n) is 9.26. The average molecular weight is 211 g/mol. The highest BCUT2D eigenvalue weighted by molar-refractivity contribution is 6.68. The molecule has 16 heavy (non-hydrogen) atoms. The van der Waals surface area contributed by atoms with Crippen LogP contribution in [-0.2, 0) is 0 Å². The van der Waals surface area contributed by atoms with Crippen molar-refractivity contribution in [1.29, 1.82) is 0 Å². The third-order valence-electron chi connectivity index (χ3n) is 2.43. The first-order valence-electron chi connectivity index (χ1n) is 5.30. The van der Waals surface area contributed by atoms with Gasteiger partial charge in [-0.2, -0.15) is 0 Å². The normalized spacial score (nSPS) is 14.2. The van der Waals surface area contributed by atoms with Gasteiger partial charge >= 0.3 is 6.85 Å². The van der Waals surface area contributed by atoms with Crippen LogP contribution in [0.2, 0.25) is 0 Å². The van der Waals surface area contributed by atoms with Crippen molar-refractivity contribution in [1.82, 2.24) is 5.23 Å². The minimum Gasteiger partial charge on any atom is -0.497 e. The molecule has 0 unspecified atom stereocenters. The van der Waals surface area contributed by atoms with Crippen LogP contribution in [0.5, 0.6) is 5.75 Å². The number of rotatable bonds is 3. The zero-order chi connectivity index (χ0) is 11.2. The summed E-state index contributed by atoms with van der Waals surface area (Å²) in [5.74, 6) is 5.12. The summed E-state index contributed by atoms with van der Waals surface area (Å²) in [5.41, 5.74) is 1.17. The molecule has 0 bridgehead atoms. The van der Waals surface area contributed by atoms with Crippen LogP contribution in [0.15, 0.2) is 54.6 Å². The van der Waals surface area contributed by atoms with Gasteiger partial charge in [-0.3, -0.25) is 0 Å². The van der Waals surface area contributed by atoms with E-state index in [0.717, 1.165) is 5.75 Å². The van der Waals surface area contributed by atoms with Crippen molar-refractivity contribution < 1.29 is 4.74 Å². The van der Waals surface area contributed by atoms with E-state index < -0.39 is 0 Å². The van der Waals surface area contributed by atoms with E-state index in [4.69, 9.17) is 4.74 Å². The van der Waals surface area contributed by atoms with Crippen LogP contribution >= 0.6 is 0 Å². The average Bonchev–Trinajstić information content (AvgIpc) is 2.38. The lowest BCUT2D eigenvalue weighted by Crippen LogP contribution is -2.26. The fraction of sp³-hybridized carbons (Fsp3) is 0.0769. The van der Waals surface area contributed by atoms with E-state index in [0.29, 0.717) is 0 Å². The molecular weight excluding hydrogens is 197 g/mol. The summed E-state index contributed by atoms with van der Waals surface area (Å²) in [6, 6.07) is 8.00. The Balaban J connectivity index is 2.00. The van der Waals surface area contributed by atoms with E-state index >= 15 is 0 Å². The largest absolute Gasteiger partial charge is 0.497 e. The Labute approximate surface area is 96.4 Å². The lowest BCUT2D eigenvalue weighted by Gasteiger charge is -2.06. The van der Waals surface area contributed by atoms with Gasteiger partial charge in [-0.15, -0.1) is 0 Å². The summed E-state index contributed by atoms with van der Waals surface area (Å²) >= 11 is 0. The molecule has 80 valence electrons. The Morgan fingerprint density at radius 3 is 2.62 bits per heavy atom. The van der Waals surface area contributed by atoms with Crippen LogP contribution < -0.4 is 9.96 Å². The Morgan fingerprint density at radius 1 is 1.19 bits per heavy atom. The Morgan fingerprint density at radius 2 is 2.00 bits per heavy atom. The predicted octanol–water partition coefficient (Wildman–Crippen LogP) is 2.45. The molecule has 0 saturated carbocycles. The topological polar surface area (TPSA) is 21.3 Å². The molecule has 3 heteroatoms. The summed E-state index contributed by atoms with van der Waals surface area (Å²) in [4.78, 5) is 0. The second kappa shape index (κ2) is 5.26. The molecule has 0 aliphatic carbocycles. The number of allylic oxidation sites excluding steroid dienone is 2. The molecule has 1 N–H and O–H groups in total. The van der Waals surface area contributed by atoms with Crippen molar-refractivity contribution in [3.05, 3.63) is 60.1 Å². The van der Waals surface area contributed by atoms with Gasteiger partial charge in [-0.05, 0) is 30.0 Å². The predicted molar refractivity (Wildman–Crippen MR) is 69.2 cm³/mol. The number of benzene rings is 1. The van der Waals surface area contributed by atoms with Crippen molar-refractivity contribution in [3.63, 3.8) is 0 Å². The van der Waals surface area contributed by atoms with Crippen molar-refractivity contribution in [3.8, 4) is 5.75 Å². The summed E-state index contributed by atoms with van der Waals surface area (Å²) < 4.78 is 5.11.